The van der Waals surface area contributed by atoms with Gasteiger partial charge < -0.3 is 15.7 Å². The third-order valence-corrected chi connectivity index (χ3v) is 6.31. The van der Waals surface area contributed by atoms with E-state index in [9.17, 15) is 9.59 Å². The van der Waals surface area contributed by atoms with Crippen LogP contribution in [0.2, 0.25) is 0 Å². The number of thioether (sulfide) groups is 1. The molecule has 2 aliphatic carbocycles. The molecule has 0 aromatic carbocycles. The maximum atomic E-state index is 12.2. The molecule has 0 aromatic rings. The number of carbonyl (C=O) groups is 2. The summed E-state index contributed by atoms with van der Waals surface area (Å²) in [5.41, 5.74) is 0. The van der Waals surface area contributed by atoms with E-state index in [1.165, 1.54) is 12.8 Å². The fourth-order valence-corrected chi connectivity index (χ4v) is 4.93. The third kappa shape index (κ3) is 5.84. The van der Waals surface area contributed by atoms with E-state index in [4.69, 9.17) is 5.11 Å². The first kappa shape index (κ1) is 19.4. The molecule has 138 valence electrons. The Balaban J connectivity index is 1.66. The average molecular weight is 358 g/mol. The van der Waals surface area contributed by atoms with Gasteiger partial charge in [0.25, 0.3) is 0 Å². The maximum absolute atomic E-state index is 12.2. The van der Waals surface area contributed by atoms with E-state index in [1.54, 1.807) is 0 Å². The SMILES string of the molecule is CCSC1CCCC(NC(=O)NC2CC(N(CC)CC(=O)O)C2)C1. The van der Waals surface area contributed by atoms with Crippen LogP contribution in [0.25, 0.3) is 0 Å². The van der Waals surface area contributed by atoms with Crippen LogP contribution in [0.4, 0.5) is 4.79 Å². The summed E-state index contributed by atoms with van der Waals surface area (Å²) in [7, 11) is 0. The third-order valence-electron chi connectivity index (χ3n) is 5.07. The van der Waals surface area contributed by atoms with Crippen LogP contribution in [-0.2, 0) is 4.79 Å². The van der Waals surface area contributed by atoms with Crippen molar-refractivity contribution in [1.29, 1.82) is 0 Å². The number of nitrogens with zero attached hydrogens (tertiary/aromatic N) is 1. The Hall–Kier alpha value is -0.950. The van der Waals surface area contributed by atoms with Crippen LogP contribution in [-0.4, -0.2) is 64.2 Å². The molecule has 0 aromatic heterocycles. The van der Waals surface area contributed by atoms with Crippen LogP contribution in [0.1, 0.15) is 52.4 Å². The topological polar surface area (TPSA) is 81.7 Å². The molecule has 2 saturated carbocycles. The van der Waals surface area contributed by atoms with Gasteiger partial charge in [-0.1, -0.05) is 20.3 Å². The molecular formula is C17H31N3O3S. The molecule has 0 saturated heterocycles. The number of aliphatic carboxylic acids is 1. The fourth-order valence-electron chi connectivity index (χ4n) is 3.75. The van der Waals surface area contributed by atoms with E-state index in [-0.39, 0.29) is 30.7 Å². The van der Waals surface area contributed by atoms with Crippen LogP contribution in [0.3, 0.4) is 0 Å². The molecule has 3 N–H and O–H groups in total. The molecule has 0 aliphatic heterocycles. The van der Waals surface area contributed by atoms with Crippen LogP contribution in [0.15, 0.2) is 0 Å². The lowest BCUT2D eigenvalue weighted by Gasteiger charge is -2.42. The molecule has 2 fully saturated rings. The molecule has 2 aliphatic rings. The second-order valence-corrected chi connectivity index (χ2v) is 8.42. The molecule has 2 rings (SSSR count). The first-order valence-corrected chi connectivity index (χ1v) is 10.2. The number of carboxylic acids is 1. The first-order chi connectivity index (χ1) is 11.5. The minimum Gasteiger partial charge on any atom is -0.480 e. The van der Waals surface area contributed by atoms with Crippen molar-refractivity contribution in [1.82, 2.24) is 15.5 Å². The number of amides is 2. The molecule has 2 amide bonds. The van der Waals surface area contributed by atoms with Gasteiger partial charge >= 0.3 is 12.0 Å². The van der Waals surface area contributed by atoms with Crippen molar-refractivity contribution in [3.05, 3.63) is 0 Å². The molecule has 0 heterocycles. The Bertz CT molecular complexity index is 427. The summed E-state index contributed by atoms with van der Waals surface area (Å²) < 4.78 is 0. The quantitative estimate of drug-likeness (QED) is 0.621. The Morgan fingerprint density at radius 3 is 2.46 bits per heavy atom. The van der Waals surface area contributed by atoms with E-state index < -0.39 is 5.97 Å². The number of likely N-dealkylation sites (N-methyl/N-ethyl adjacent to an activating group) is 1. The van der Waals surface area contributed by atoms with Gasteiger partial charge in [0.15, 0.2) is 0 Å². The molecule has 2 unspecified atom stereocenters. The van der Waals surface area contributed by atoms with E-state index in [2.05, 4.69) is 17.6 Å². The normalized spacial score (nSPS) is 29.8. The highest BCUT2D eigenvalue weighted by Gasteiger charge is 2.35. The number of nitrogens with one attached hydrogen (secondary N) is 2. The monoisotopic (exact) mass is 357 g/mol. The van der Waals surface area contributed by atoms with Gasteiger partial charge in [0, 0.05) is 23.4 Å². The lowest BCUT2D eigenvalue weighted by molar-refractivity contribution is -0.139. The largest absolute Gasteiger partial charge is 0.480 e. The molecule has 24 heavy (non-hydrogen) atoms. The van der Waals surface area contributed by atoms with Crippen molar-refractivity contribution in [3.63, 3.8) is 0 Å². The Labute approximate surface area is 149 Å². The van der Waals surface area contributed by atoms with Gasteiger partial charge in [0.2, 0.25) is 0 Å². The molecule has 0 spiro atoms. The van der Waals surface area contributed by atoms with E-state index >= 15 is 0 Å². The number of urea groups is 1. The summed E-state index contributed by atoms with van der Waals surface area (Å²) in [5.74, 6) is 0.347. The van der Waals surface area contributed by atoms with Gasteiger partial charge in [0.05, 0.1) is 6.54 Å². The van der Waals surface area contributed by atoms with Crippen molar-refractivity contribution in [2.75, 3.05) is 18.8 Å². The number of hydrogen-bond donors (Lipinski definition) is 3. The van der Waals surface area contributed by atoms with Gasteiger partial charge in [-0.05, 0) is 44.4 Å². The Morgan fingerprint density at radius 2 is 1.83 bits per heavy atom. The molecule has 7 heteroatoms. The highest BCUT2D eigenvalue weighted by molar-refractivity contribution is 7.99. The molecular weight excluding hydrogens is 326 g/mol. The van der Waals surface area contributed by atoms with Crippen molar-refractivity contribution in [3.8, 4) is 0 Å². The fraction of sp³-hybridized carbons (Fsp3) is 0.882. The summed E-state index contributed by atoms with van der Waals surface area (Å²) in [6.07, 6.45) is 6.28. The van der Waals surface area contributed by atoms with Crippen LogP contribution in [0.5, 0.6) is 0 Å². The minimum absolute atomic E-state index is 0.0631. The van der Waals surface area contributed by atoms with Gasteiger partial charge in [-0.2, -0.15) is 11.8 Å². The number of hydrogen-bond acceptors (Lipinski definition) is 4. The summed E-state index contributed by atoms with van der Waals surface area (Å²) in [6.45, 7) is 4.97. The van der Waals surface area contributed by atoms with Gasteiger partial charge in [-0.25, -0.2) is 4.79 Å². The highest BCUT2D eigenvalue weighted by atomic mass is 32.2. The van der Waals surface area contributed by atoms with Crippen LogP contribution in [0, 0.1) is 0 Å². The van der Waals surface area contributed by atoms with Crippen molar-refractivity contribution in [2.45, 2.75) is 75.7 Å². The minimum atomic E-state index is -0.789. The highest BCUT2D eigenvalue weighted by Crippen LogP contribution is 2.29. The van der Waals surface area contributed by atoms with Crippen molar-refractivity contribution in [2.24, 2.45) is 0 Å². The number of carbonyl (C=O) groups excluding carboxylic acids is 1. The zero-order valence-electron chi connectivity index (χ0n) is 14.8. The average Bonchev–Trinajstić information content (AvgIpc) is 2.49. The summed E-state index contributed by atoms with van der Waals surface area (Å²) in [5, 5.41) is 15.8. The lowest BCUT2D eigenvalue weighted by atomic mass is 9.85. The van der Waals surface area contributed by atoms with Crippen molar-refractivity contribution < 1.29 is 14.7 Å². The lowest BCUT2D eigenvalue weighted by Crippen LogP contribution is -2.57. The summed E-state index contributed by atoms with van der Waals surface area (Å²) >= 11 is 2.00. The van der Waals surface area contributed by atoms with Crippen LogP contribution >= 0.6 is 11.8 Å². The number of rotatable bonds is 8. The standard InChI is InChI=1S/C17H31N3O3S/c1-3-20(11-16(21)22)14-8-13(9-14)19-17(23)18-12-6-5-7-15(10-12)24-4-2/h12-15H,3-11H2,1-2H3,(H,21,22)(H2,18,19,23). The van der Waals surface area contributed by atoms with Gasteiger partial charge in [-0.3, -0.25) is 9.69 Å². The van der Waals surface area contributed by atoms with Crippen molar-refractivity contribution >= 4 is 23.8 Å². The zero-order valence-corrected chi connectivity index (χ0v) is 15.6. The predicted octanol–water partition coefficient (Wildman–Crippen LogP) is 2.29. The van der Waals surface area contributed by atoms with Crippen LogP contribution < -0.4 is 10.6 Å². The second-order valence-electron chi connectivity index (χ2n) is 6.84. The summed E-state index contributed by atoms with van der Waals surface area (Å²) in [4.78, 5) is 25.0. The Kier molecular flexibility index (Phi) is 7.68. The molecule has 0 bridgehead atoms. The Morgan fingerprint density at radius 1 is 1.12 bits per heavy atom. The van der Waals surface area contributed by atoms with E-state index in [0.717, 1.165) is 38.0 Å². The maximum Gasteiger partial charge on any atom is 0.317 e. The van der Waals surface area contributed by atoms with Gasteiger partial charge in [-0.15, -0.1) is 0 Å². The molecule has 6 nitrogen and oxygen atoms in total. The smallest absolute Gasteiger partial charge is 0.317 e. The second kappa shape index (κ2) is 9.51. The molecule has 2 atom stereocenters. The molecule has 0 radical (unpaired) electrons. The first-order valence-electron chi connectivity index (χ1n) is 9.16. The van der Waals surface area contributed by atoms with E-state index in [0.29, 0.717) is 5.25 Å². The summed E-state index contributed by atoms with van der Waals surface area (Å²) in [6, 6.07) is 0.670. The van der Waals surface area contributed by atoms with Gasteiger partial charge in [0.1, 0.15) is 0 Å². The predicted molar refractivity (Wildman–Crippen MR) is 97.5 cm³/mol. The number of carboxylic acid groups (broad SMARTS) is 1. The zero-order chi connectivity index (χ0) is 17.5. The van der Waals surface area contributed by atoms with E-state index in [1.807, 2.05) is 23.6 Å².